The molecule has 1 aliphatic carbocycles. The summed E-state index contributed by atoms with van der Waals surface area (Å²) in [4.78, 5) is 12.3. The van der Waals surface area contributed by atoms with Gasteiger partial charge >= 0.3 is 0 Å². The van der Waals surface area contributed by atoms with Gasteiger partial charge in [0.1, 0.15) is 5.78 Å². The molecule has 0 amide bonds. The Labute approximate surface area is 130 Å². The topological polar surface area (TPSA) is 17.1 Å². The van der Waals surface area contributed by atoms with E-state index in [1.165, 1.54) is 49.7 Å². The molecular weight excluding hydrogens is 256 g/mol. The monoisotopic (exact) mass is 286 g/mol. The van der Waals surface area contributed by atoms with Gasteiger partial charge in [-0.05, 0) is 22.5 Å². The van der Waals surface area contributed by atoms with Crippen molar-refractivity contribution in [3.8, 4) is 0 Å². The van der Waals surface area contributed by atoms with Crippen LogP contribution in [0.2, 0.25) is 0 Å². The largest absolute Gasteiger partial charge is 0.299 e. The summed E-state index contributed by atoms with van der Waals surface area (Å²) in [6.07, 6.45) is 9.28. The van der Waals surface area contributed by atoms with E-state index in [-0.39, 0.29) is 5.41 Å². The molecule has 2 rings (SSSR count). The van der Waals surface area contributed by atoms with E-state index in [2.05, 4.69) is 45.0 Å². The lowest BCUT2D eigenvalue weighted by molar-refractivity contribution is -0.119. The Kier molecular flexibility index (Phi) is 5.61. The molecule has 0 aliphatic heterocycles. The predicted molar refractivity (Wildman–Crippen MR) is 89.7 cm³/mol. The maximum Gasteiger partial charge on any atom is 0.137 e. The lowest BCUT2D eigenvalue weighted by Gasteiger charge is -2.19. The SMILES string of the molecule is CC(C)(C)c1ccc(CC(=O)CC2CCCCCC2)cc1. The van der Waals surface area contributed by atoms with Gasteiger partial charge in [0.25, 0.3) is 0 Å². The lowest BCUT2D eigenvalue weighted by Crippen LogP contribution is -2.12. The minimum Gasteiger partial charge on any atom is -0.299 e. The van der Waals surface area contributed by atoms with Crippen LogP contribution in [0.25, 0.3) is 0 Å². The highest BCUT2D eigenvalue weighted by atomic mass is 16.1. The molecule has 0 heterocycles. The van der Waals surface area contributed by atoms with Crippen molar-refractivity contribution in [3.63, 3.8) is 0 Å². The second-order valence-corrected chi connectivity index (χ2v) is 7.72. The van der Waals surface area contributed by atoms with Gasteiger partial charge in [0.15, 0.2) is 0 Å². The maximum atomic E-state index is 12.3. The number of hydrogen-bond donors (Lipinski definition) is 0. The second-order valence-electron chi connectivity index (χ2n) is 7.72. The average molecular weight is 286 g/mol. The highest BCUT2D eigenvalue weighted by molar-refractivity contribution is 5.81. The van der Waals surface area contributed by atoms with Gasteiger partial charge in [-0.25, -0.2) is 0 Å². The van der Waals surface area contributed by atoms with Gasteiger partial charge in [-0.2, -0.15) is 0 Å². The Morgan fingerprint density at radius 3 is 2.10 bits per heavy atom. The second kappa shape index (κ2) is 7.24. The van der Waals surface area contributed by atoms with Gasteiger partial charge < -0.3 is 0 Å². The first-order chi connectivity index (χ1) is 9.95. The number of carbonyl (C=O) groups is 1. The normalized spacial score (nSPS) is 17.5. The average Bonchev–Trinajstić information content (AvgIpc) is 2.67. The number of carbonyl (C=O) groups excluding carboxylic acids is 1. The molecule has 0 unspecified atom stereocenters. The molecule has 1 saturated carbocycles. The van der Waals surface area contributed by atoms with E-state index >= 15 is 0 Å². The third-order valence-electron chi connectivity index (χ3n) is 4.71. The van der Waals surface area contributed by atoms with Crippen molar-refractivity contribution < 1.29 is 4.79 Å². The van der Waals surface area contributed by atoms with Crippen LogP contribution in [0.4, 0.5) is 0 Å². The van der Waals surface area contributed by atoms with Crippen molar-refractivity contribution in [3.05, 3.63) is 35.4 Å². The third kappa shape index (κ3) is 5.30. The Balaban J connectivity index is 1.87. The number of ketones is 1. The van der Waals surface area contributed by atoms with Gasteiger partial charge in [-0.15, -0.1) is 0 Å². The summed E-state index contributed by atoms with van der Waals surface area (Å²) in [5.41, 5.74) is 2.69. The van der Waals surface area contributed by atoms with Crippen LogP contribution in [0.15, 0.2) is 24.3 Å². The molecule has 0 N–H and O–H groups in total. The summed E-state index contributed by atoms with van der Waals surface area (Å²) in [6.45, 7) is 6.66. The summed E-state index contributed by atoms with van der Waals surface area (Å²) < 4.78 is 0. The van der Waals surface area contributed by atoms with Gasteiger partial charge in [-0.3, -0.25) is 4.79 Å². The Morgan fingerprint density at radius 1 is 1.00 bits per heavy atom. The summed E-state index contributed by atoms with van der Waals surface area (Å²) in [5.74, 6) is 1.07. The summed E-state index contributed by atoms with van der Waals surface area (Å²) in [6, 6.07) is 8.61. The minimum atomic E-state index is 0.183. The van der Waals surface area contributed by atoms with Crippen LogP contribution >= 0.6 is 0 Å². The van der Waals surface area contributed by atoms with Crippen LogP contribution in [-0.2, 0) is 16.6 Å². The molecule has 1 fully saturated rings. The van der Waals surface area contributed by atoms with E-state index in [9.17, 15) is 4.79 Å². The molecule has 0 spiro atoms. The first-order valence-corrected chi connectivity index (χ1v) is 8.56. The van der Waals surface area contributed by atoms with Gasteiger partial charge in [0.2, 0.25) is 0 Å². The van der Waals surface area contributed by atoms with Crippen molar-refractivity contribution in [1.82, 2.24) is 0 Å². The van der Waals surface area contributed by atoms with Crippen molar-refractivity contribution in [1.29, 1.82) is 0 Å². The first kappa shape index (κ1) is 16.3. The van der Waals surface area contributed by atoms with Crippen LogP contribution in [0.3, 0.4) is 0 Å². The molecule has 21 heavy (non-hydrogen) atoms. The van der Waals surface area contributed by atoms with Crippen LogP contribution in [0.1, 0.15) is 76.8 Å². The zero-order valence-corrected chi connectivity index (χ0v) is 14.0. The minimum absolute atomic E-state index is 0.183. The number of rotatable bonds is 4. The van der Waals surface area contributed by atoms with E-state index in [0.29, 0.717) is 18.1 Å². The highest BCUT2D eigenvalue weighted by Crippen LogP contribution is 2.26. The molecule has 1 aromatic carbocycles. The van der Waals surface area contributed by atoms with E-state index in [0.717, 1.165) is 6.42 Å². The molecule has 1 aromatic rings. The van der Waals surface area contributed by atoms with Crippen molar-refractivity contribution in [2.75, 3.05) is 0 Å². The predicted octanol–water partition coefficient (Wildman–Crippen LogP) is 5.46. The zero-order valence-electron chi connectivity index (χ0n) is 14.0. The lowest BCUT2D eigenvalue weighted by atomic mass is 9.86. The van der Waals surface area contributed by atoms with Crippen LogP contribution in [0.5, 0.6) is 0 Å². The fraction of sp³-hybridized carbons (Fsp3) is 0.650. The molecule has 1 heteroatoms. The van der Waals surface area contributed by atoms with E-state index in [1.807, 2.05) is 0 Å². The molecule has 0 aromatic heterocycles. The van der Waals surface area contributed by atoms with Crippen LogP contribution < -0.4 is 0 Å². The zero-order chi connectivity index (χ0) is 15.3. The Hall–Kier alpha value is -1.11. The van der Waals surface area contributed by atoms with Gasteiger partial charge in [-0.1, -0.05) is 83.6 Å². The summed E-state index contributed by atoms with van der Waals surface area (Å²) in [5, 5.41) is 0. The van der Waals surface area contributed by atoms with E-state index in [1.54, 1.807) is 0 Å². The number of benzene rings is 1. The van der Waals surface area contributed by atoms with Crippen LogP contribution in [0, 0.1) is 5.92 Å². The molecule has 116 valence electrons. The van der Waals surface area contributed by atoms with E-state index in [4.69, 9.17) is 0 Å². The van der Waals surface area contributed by atoms with Gasteiger partial charge in [0.05, 0.1) is 0 Å². The van der Waals surface area contributed by atoms with Crippen molar-refractivity contribution >= 4 is 5.78 Å². The molecule has 0 saturated heterocycles. The quantitative estimate of drug-likeness (QED) is 0.672. The molecule has 0 bridgehead atoms. The Bertz CT molecular complexity index is 442. The Morgan fingerprint density at radius 2 is 1.57 bits per heavy atom. The molecule has 0 atom stereocenters. The smallest absolute Gasteiger partial charge is 0.137 e. The number of Topliss-reactive ketones (excluding diaryl/α,β-unsaturated/α-hetero) is 1. The molecule has 1 aliphatic rings. The third-order valence-corrected chi connectivity index (χ3v) is 4.71. The first-order valence-electron chi connectivity index (χ1n) is 8.56. The summed E-state index contributed by atoms with van der Waals surface area (Å²) in [7, 11) is 0. The van der Waals surface area contributed by atoms with Crippen LogP contribution in [-0.4, -0.2) is 5.78 Å². The molecule has 1 nitrogen and oxygen atoms in total. The summed E-state index contributed by atoms with van der Waals surface area (Å²) >= 11 is 0. The maximum absolute atomic E-state index is 12.3. The standard InChI is InChI=1S/C20H30O/c1-20(2,3)18-12-10-17(11-13-18)15-19(21)14-16-8-6-4-5-7-9-16/h10-13,16H,4-9,14-15H2,1-3H3. The number of hydrogen-bond acceptors (Lipinski definition) is 1. The highest BCUT2D eigenvalue weighted by Gasteiger charge is 2.17. The van der Waals surface area contributed by atoms with Crippen molar-refractivity contribution in [2.24, 2.45) is 5.92 Å². The van der Waals surface area contributed by atoms with Gasteiger partial charge in [0, 0.05) is 12.8 Å². The fourth-order valence-electron chi connectivity index (χ4n) is 3.31. The molecule has 0 radical (unpaired) electrons. The fourth-order valence-corrected chi connectivity index (χ4v) is 3.31. The van der Waals surface area contributed by atoms with Crippen molar-refractivity contribution in [2.45, 2.75) is 77.6 Å². The molecular formula is C20H30O. The van der Waals surface area contributed by atoms with E-state index < -0.39 is 0 Å².